The lowest BCUT2D eigenvalue weighted by molar-refractivity contribution is -0.136. The molecule has 0 amide bonds. The maximum atomic E-state index is 11.1. The summed E-state index contributed by atoms with van der Waals surface area (Å²) in [6, 6.07) is 14.0. The summed E-state index contributed by atoms with van der Waals surface area (Å²) >= 11 is 1.78. The summed E-state index contributed by atoms with van der Waals surface area (Å²) in [5.41, 5.74) is 4.86. The van der Waals surface area contributed by atoms with E-state index < -0.39 is 5.97 Å². The van der Waals surface area contributed by atoms with E-state index in [0.29, 0.717) is 17.9 Å². The molecule has 0 aliphatic heterocycles. The highest BCUT2D eigenvalue weighted by Crippen LogP contribution is 2.28. The fourth-order valence-corrected chi connectivity index (χ4v) is 4.54. The van der Waals surface area contributed by atoms with E-state index in [0.717, 1.165) is 30.0 Å². The molecule has 0 aliphatic carbocycles. The lowest BCUT2D eigenvalue weighted by atomic mass is 10.1. The van der Waals surface area contributed by atoms with Crippen molar-refractivity contribution >= 4 is 33.2 Å². The number of aromatic nitrogens is 2. The molecule has 0 radical (unpaired) electrons. The Kier molecular flexibility index (Phi) is 6.66. The highest BCUT2D eigenvalue weighted by atomic mass is 32.1. The molecule has 2 N–H and O–H groups in total. The number of rotatable bonds is 9. The highest BCUT2D eigenvalue weighted by Gasteiger charge is 2.11. The van der Waals surface area contributed by atoms with Crippen molar-refractivity contribution in [3.8, 4) is 17.0 Å². The van der Waals surface area contributed by atoms with Crippen molar-refractivity contribution in [2.24, 2.45) is 0 Å². The van der Waals surface area contributed by atoms with Crippen LogP contribution in [0, 0.1) is 6.92 Å². The van der Waals surface area contributed by atoms with Gasteiger partial charge in [-0.1, -0.05) is 18.2 Å². The van der Waals surface area contributed by atoms with E-state index in [1.54, 1.807) is 17.4 Å². The van der Waals surface area contributed by atoms with Crippen molar-refractivity contribution in [2.45, 2.75) is 26.7 Å². The number of carboxylic acids is 1. The Bertz CT molecular complexity index is 1250. The van der Waals surface area contributed by atoms with Crippen LogP contribution in [0.5, 0.6) is 5.75 Å². The maximum Gasteiger partial charge on any atom is 0.307 e. The van der Waals surface area contributed by atoms with E-state index in [1.807, 2.05) is 25.1 Å². The van der Waals surface area contributed by atoms with Crippen molar-refractivity contribution in [3.63, 3.8) is 0 Å². The zero-order valence-corrected chi connectivity index (χ0v) is 18.9. The second-order valence-corrected chi connectivity index (χ2v) is 8.45. The number of benzene rings is 2. The van der Waals surface area contributed by atoms with Crippen molar-refractivity contribution in [1.29, 1.82) is 0 Å². The smallest absolute Gasteiger partial charge is 0.307 e. The zero-order valence-electron chi connectivity index (χ0n) is 18.1. The minimum atomic E-state index is -0.888. The largest absolute Gasteiger partial charge is 0.494 e. The Balaban J connectivity index is 1.46. The van der Waals surface area contributed by atoms with E-state index in [4.69, 9.17) is 9.84 Å². The first-order valence-electron chi connectivity index (χ1n) is 10.5. The average molecular weight is 448 g/mol. The van der Waals surface area contributed by atoms with Crippen molar-refractivity contribution in [1.82, 2.24) is 9.97 Å². The number of anilines is 1. The Morgan fingerprint density at radius 2 is 2.03 bits per heavy atom. The van der Waals surface area contributed by atoms with Crippen LogP contribution in [0.25, 0.3) is 21.3 Å². The number of carboxylic acid groups (broad SMARTS) is 1. The molecule has 0 fully saturated rings. The molecule has 0 aliphatic rings. The molecule has 7 heteroatoms. The fourth-order valence-electron chi connectivity index (χ4n) is 3.62. The molecule has 0 unspecified atom stereocenters. The molecule has 0 saturated carbocycles. The first-order chi connectivity index (χ1) is 15.5. The summed E-state index contributed by atoms with van der Waals surface area (Å²) in [5.74, 6) is 0.426. The number of fused-ring (bicyclic) bond motifs is 1. The number of aryl methyl sites for hydroxylation is 1. The van der Waals surface area contributed by atoms with Crippen molar-refractivity contribution in [2.75, 3.05) is 18.5 Å². The molecule has 0 atom stereocenters. The summed E-state index contributed by atoms with van der Waals surface area (Å²) in [6.07, 6.45) is 2.34. The van der Waals surface area contributed by atoms with Crippen LogP contribution >= 0.6 is 11.3 Å². The molecule has 2 heterocycles. The number of hydrogen-bond acceptors (Lipinski definition) is 6. The number of nitrogens with one attached hydrogen (secondary N) is 1. The second kappa shape index (κ2) is 9.78. The molecule has 4 rings (SSSR count). The van der Waals surface area contributed by atoms with Crippen LogP contribution in [0.2, 0.25) is 0 Å². The molecule has 4 aromatic rings. The summed E-state index contributed by atoms with van der Waals surface area (Å²) in [7, 11) is 0. The molecule has 6 nitrogen and oxygen atoms in total. The van der Waals surface area contributed by atoms with Gasteiger partial charge >= 0.3 is 5.97 Å². The fraction of sp³-hybridized carbons (Fsp3) is 0.240. The molecule has 0 spiro atoms. The van der Waals surface area contributed by atoms with Crippen LogP contribution in [0.15, 0.2) is 54.2 Å². The quantitative estimate of drug-likeness (QED) is 0.360. The lowest BCUT2D eigenvalue weighted by Crippen LogP contribution is -2.07. The molecule has 164 valence electrons. The molecular weight excluding hydrogens is 422 g/mol. The van der Waals surface area contributed by atoms with Gasteiger partial charge < -0.3 is 15.2 Å². The average Bonchev–Trinajstić information content (AvgIpc) is 3.15. The van der Waals surface area contributed by atoms with E-state index in [-0.39, 0.29) is 6.42 Å². The van der Waals surface area contributed by atoms with E-state index in [2.05, 4.69) is 45.8 Å². The number of aliphatic carboxylic acids is 1. The third kappa shape index (κ3) is 5.06. The number of carbonyl (C=O) groups is 1. The standard InChI is InChI=1S/C25H25N3O3S/c1-3-31-22-11-18(5-6-19(22)12-25(29)30)21-13-24(28-15-27-21)26-9-8-17-4-7-23-20(10-17)16(2)14-32-23/h4-7,10-11,13-15H,3,8-9,12H2,1-2H3,(H,29,30)(H,26,27,28). The van der Waals surface area contributed by atoms with Crippen LogP contribution in [0.4, 0.5) is 5.82 Å². The van der Waals surface area contributed by atoms with Crippen molar-refractivity contribution in [3.05, 3.63) is 70.9 Å². The topological polar surface area (TPSA) is 84.3 Å². The van der Waals surface area contributed by atoms with Gasteiger partial charge in [0.05, 0.1) is 18.7 Å². The summed E-state index contributed by atoms with van der Waals surface area (Å²) < 4.78 is 6.98. The predicted molar refractivity (Wildman–Crippen MR) is 129 cm³/mol. The molecule has 0 saturated heterocycles. The van der Waals surface area contributed by atoms with Gasteiger partial charge in [-0.05, 0) is 60.4 Å². The molecule has 32 heavy (non-hydrogen) atoms. The summed E-state index contributed by atoms with van der Waals surface area (Å²) in [5, 5.41) is 16.0. The van der Waals surface area contributed by atoms with Gasteiger partial charge in [0.1, 0.15) is 17.9 Å². The Morgan fingerprint density at radius 3 is 2.84 bits per heavy atom. The van der Waals surface area contributed by atoms with Gasteiger partial charge in [0.15, 0.2) is 0 Å². The first kappa shape index (κ1) is 21.8. The van der Waals surface area contributed by atoms with Crippen LogP contribution < -0.4 is 10.1 Å². The van der Waals surface area contributed by atoms with Gasteiger partial charge in [-0.2, -0.15) is 0 Å². The number of thiophene rings is 1. The summed E-state index contributed by atoms with van der Waals surface area (Å²) in [4.78, 5) is 19.8. The third-order valence-electron chi connectivity index (χ3n) is 5.22. The first-order valence-corrected chi connectivity index (χ1v) is 11.4. The van der Waals surface area contributed by atoms with Gasteiger partial charge in [0.25, 0.3) is 0 Å². The lowest BCUT2D eigenvalue weighted by Gasteiger charge is -2.12. The Morgan fingerprint density at radius 1 is 1.16 bits per heavy atom. The molecular formula is C25H25N3O3S. The van der Waals surface area contributed by atoms with Gasteiger partial charge in [0.2, 0.25) is 0 Å². The number of hydrogen-bond donors (Lipinski definition) is 2. The highest BCUT2D eigenvalue weighted by molar-refractivity contribution is 7.17. The molecule has 2 aromatic carbocycles. The van der Waals surface area contributed by atoms with Crippen molar-refractivity contribution < 1.29 is 14.6 Å². The van der Waals surface area contributed by atoms with E-state index in [1.165, 1.54) is 27.5 Å². The molecule has 2 aromatic heterocycles. The van der Waals surface area contributed by atoms with Gasteiger partial charge in [-0.3, -0.25) is 4.79 Å². The normalized spacial score (nSPS) is 10.9. The third-order valence-corrected chi connectivity index (χ3v) is 6.30. The second-order valence-electron chi connectivity index (χ2n) is 7.54. The minimum absolute atomic E-state index is 0.0805. The Labute approximate surface area is 190 Å². The van der Waals surface area contributed by atoms with Crippen LogP contribution in [-0.2, 0) is 17.6 Å². The zero-order chi connectivity index (χ0) is 22.5. The number of ether oxygens (including phenoxy) is 1. The van der Waals surface area contributed by atoms with E-state index in [9.17, 15) is 4.79 Å². The van der Waals surface area contributed by atoms with E-state index >= 15 is 0 Å². The maximum absolute atomic E-state index is 11.1. The van der Waals surface area contributed by atoms with Crippen LogP contribution in [0.3, 0.4) is 0 Å². The summed E-state index contributed by atoms with van der Waals surface area (Å²) in [6.45, 7) is 5.24. The monoisotopic (exact) mass is 447 g/mol. The Hall–Kier alpha value is -3.45. The van der Waals surface area contributed by atoms with Gasteiger partial charge in [-0.15, -0.1) is 11.3 Å². The van der Waals surface area contributed by atoms with Crippen LogP contribution in [-0.4, -0.2) is 34.2 Å². The SMILES string of the molecule is CCOc1cc(-c2cc(NCCc3ccc4scc(C)c4c3)ncn2)ccc1CC(=O)O. The number of nitrogens with zero attached hydrogens (tertiary/aromatic N) is 2. The predicted octanol–water partition coefficient (Wildman–Crippen LogP) is 5.35. The van der Waals surface area contributed by atoms with Gasteiger partial charge in [0, 0.05) is 28.4 Å². The van der Waals surface area contributed by atoms with Gasteiger partial charge in [-0.25, -0.2) is 9.97 Å². The molecule has 0 bridgehead atoms. The minimum Gasteiger partial charge on any atom is -0.494 e. The van der Waals surface area contributed by atoms with Crippen LogP contribution in [0.1, 0.15) is 23.6 Å².